The SMILES string of the molecule is CCn1c(C2CC(NC(=O)c3ccc(Cl)cc3)NN2)cc2ccc(OC)cc21. The lowest BCUT2D eigenvalue weighted by Gasteiger charge is -2.14. The van der Waals surface area contributed by atoms with Gasteiger partial charge in [-0.3, -0.25) is 4.79 Å². The summed E-state index contributed by atoms with van der Waals surface area (Å²) in [6.07, 6.45) is 0.582. The van der Waals surface area contributed by atoms with Crippen molar-refractivity contribution in [2.45, 2.75) is 32.1 Å². The predicted molar refractivity (Wildman–Crippen MR) is 110 cm³/mol. The first-order chi connectivity index (χ1) is 13.6. The van der Waals surface area contributed by atoms with E-state index in [1.165, 1.54) is 11.1 Å². The van der Waals surface area contributed by atoms with Crippen LogP contribution in [0.25, 0.3) is 10.9 Å². The first-order valence-electron chi connectivity index (χ1n) is 9.33. The maximum Gasteiger partial charge on any atom is 0.252 e. The van der Waals surface area contributed by atoms with Crippen LogP contribution in [0.5, 0.6) is 5.75 Å². The highest BCUT2D eigenvalue weighted by atomic mass is 35.5. The molecule has 28 heavy (non-hydrogen) atoms. The third-order valence-electron chi connectivity index (χ3n) is 5.13. The topological polar surface area (TPSA) is 67.3 Å². The standard InChI is InChI=1S/C21H23ClN4O2/c1-3-26-18-11-16(28-2)9-6-14(18)10-19(26)17-12-20(25-24-17)23-21(27)13-4-7-15(22)8-5-13/h4-11,17,20,24-25H,3,12H2,1-2H3,(H,23,27). The van der Waals surface area contributed by atoms with Crippen LogP contribution >= 0.6 is 11.6 Å². The van der Waals surface area contributed by atoms with Crippen molar-refractivity contribution in [1.29, 1.82) is 0 Å². The maximum atomic E-state index is 12.4. The van der Waals surface area contributed by atoms with E-state index >= 15 is 0 Å². The summed E-state index contributed by atoms with van der Waals surface area (Å²) in [6.45, 7) is 2.98. The summed E-state index contributed by atoms with van der Waals surface area (Å²) in [7, 11) is 1.68. The van der Waals surface area contributed by atoms with Gasteiger partial charge in [-0.05, 0) is 49.4 Å². The molecular weight excluding hydrogens is 376 g/mol. The van der Waals surface area contributed by atoms with Crippen molar-refractivity contribution in [2.24, 2.45) is 0 Å². The molecule has 2 aromatic carbocycles. The predicted octanol–water partition coefficient (Wildman–Crippen LogP) is 3.62. The summed E-state index contributed by atoms with van der Waals surface area (Å²) in [6, 6.07) is 15.3. The molecule has 1 aromatic heterocycles. The molecule has 2 unspecified atom stereocenters. The van der Waals surface area contributed by atoms with Crippen LogP contribution in [-0.4, -0.2) is 23.7 Å². The second-order valence-electron chi connectivity index (χ2n) is 6.85. The number of benzene rings is 2. The molecule has 1 saturated heterocycles. The highest BCUT2D eigenvalue weighted by molar-refractivity contribution is 6.30. The van der Waals surface area contributed by atoms with E-state index < -0.39 is 0 Å². The van der Waals surface area contributed by atoms with Gasteiger partial charge in [-0.2, -0.15) is 0 Å². The molecule has 3 aromatic rings. The molecule has 1 aliphatic heterocycles. The number of hydrogen-bond donors (Lipinski definition) is 3. The second kappa shape index (κ2) is 7.83. The Morgan fingerprint density at radius 1 is 1.21 bits per heavy atom. The van der Waals surface area contributed by atoms with Crippen LogP contribution < -0.4 is 20.9 Å². The fourth-order valence-corrected chi connectivity index (χ4v) is 3.84. The zero-order chi connectivity index (χ0) is 19.7. The van der Waals surface area contributed by atoms with Crippen molar-refractivity contribution in [2.75, 3.05) is 7.11 Å². The first kappa shape index (κ1) is 18.8. The number of halogens is 1. The minimum absolute atomic E-state index is 0.0915. The normalized spacial score (nSPS) is 19.1. The van der Waals surface area contributed by atoms with Crippen LogP contribution in [0, 0.1) is 0 Å². The number of rotatable bonds is 5. The third-order valence-corrected chi connectivity index (χ3v) is 5.38. The molecule has 2 heterocycles. The zero-order valence-electron chi connectivity index (χ0n) is 15.8. The number of nitrogens with zero attached hydrogens (tertiary/aromatic N) is 1. The molecule has 4 rings (SSSR count). The zero-order valence-corrected chi connectivity index (χ0v) is 16.6. The Labute approximate surface area is 168 Å². The molecule has 1 fully saturated rings. The quantitative estimate of drug-likeness (QED) is 0.614. The number of carbonyl (C=O) groups excluding carboxylic acids is 1. The lowest BCUT2D eigenvalue weighted by Crippen LogP contribution is -2.44. The second-order valence-corrected chi connectivity index (χ2v) is 7.28. The van der Waals surface area contributed by atoms with E-state index in [9.17, 15) is 4.79 Å². The number of aryl methyl sites for hydroxylation is 1. The summed E-state index contributed by atoms with van der Waals surface area (Å²) in [5.74, 6) is 0.717. The number of hydrogen-bond acceptors (Lipinski definition) is 4. The Morgan fingerprint density at radius 3 is 2.71 bits per heavy atom. The van der Waals surface area contributed by atoms with Gasteiger partial charge in [0.05, 0.1) is 24.8 Å². The summed E-state index contributed by atoms with van der Waals surface area (Å²) < 4.78 is 7.65. The number of methoxy groups -OCH3 is 1. The smallest absolute Gasteiger partial charge is 0.252 e. The number of carbonyl (C=O) groups is 1. The maximum absolute atomic E-state index is 12.4. The van der Waals surface area contributed by atoms with Crippen molar-refractivity contribution in [1.82, 2.24) is 20.7 Å². The minimum atomic E-state index is -0.161. The van der Waals surface area contributed by atoms with Gasteiger partial charge in [-0.1, -0.05) is 11.6 Å². The van der Waals surface area contributed by atoms with Gasteiger partial charge in [0.1, 0.15) is 5.75 Å². The molecular formula is C21H23ClN4O2. The van der Waals surface area contributed by atoms with E-state index in [1.54, 1.807) is 31.4 Å². The van der Waals surface area contributed by atoms with Crippen LogP contribution in [0.3, 0.4) is 0 Å². The highest BCUT2D eigenvalue weighted by Gasteiger charge is 2.29. The van der Waals surface area contributed by atoms with Crippen LogP contribution in [0.2, 0.25) is 5.02 Å². The van der Waals surface area contributed by atoms with E-state index in [4.69, 9.17) is 16.3 Å². The fraction of sp³-hybridized carbons (Fsp3) is 0.286. The van der Waals surface area contributed by atoms with Gasteiger partial charge in [0.15, 0.2) is 0 Å². The first-order valence-corrected chi connectivity index (χ1v) is 9.71. The van der Waals surface area contributed by atoms with Gasteiger partial charge in [-0.25, -0.2) is 10.9 Å². The van der Waals surface area contributed by atoms with Crippen LogP contribution in [0.1, 0.15) is 35.4 Å². The van der Waals surface area contributed by atoms with Crippen LogP contribution in [0.15, 0.2) is 48.5 Å². The van der Waals surface area contributed by atoms with Crippen molar-refractivity contribution in [3.8, 4) is 5.75 Å². The van der Waals surface area contributed by atoms with Crippen molar-refractivity contribution in [3.05, 3.63) is 64.8 Å². The summed E-state index contributed by atoms with van der Waals surface area (Å²) >= 11 is 5.89. The molecule has 0 saturated carbocycles. The molecule has 6 nitrogen and oxygen atoms in total. The summed E-state index contributed by atoms with van der Waals surface area (Å²) in [5.41, 5.74) is 9.42. The van der Waals surface area contributed by atoms with E-state index in [2.05, 4.69) is 45.9 Å². The Hall–Kier alpha value is -2.54. The van der Waals surface area contributed by atoms with Gasteiger partial charge in [0.25, 0.3) is 5.91 Å². The molecule has 0 bridgehead atoms. The van der Waals surface area contributed by atoms with E-state index in [0.717, 1.165) is 24.2 Å². The molecule has 7 heteroatoms. The fourth-order valence-electron chi connectivity index (χ4n) is 3.71. The van der Waals surface area contributed by atoms with E-state index in [0.29, 0.717) is 10.6 Å². The Morgan fingerprint density at radius 2 is 2.00 bits per heavy atom. The van der Waals surface area contributed by atoms with E-state index in [-0.39, 0.29) is 18.1 Å². The Bertz CT molecular complexity index is 1000. The molecule has 0 spiro atoms. The van der Waals surface area contributed by atoms with Gasteiger partial charge in [0, 0.05) is 40.7 Å². The lowest BCUT2D eigenvalue weighted by molar-refractivity contribution is 0.0932. The van der Waals surface area contributed by atoms with Crippen molar-refractivity contribution in [3.63, 3.8) is 0 Å². The number of amides is 1. The lowest BCUT2D eigenvalue weighted by atomic mass is 10.1. The molecule has 0 radical (unpaired) electrons. The van der Waals surface area contributed by atoms with Crippen LogP contribution in [0.4, 0.5) is 0 Å². The monoisotopic (exact) mass is 398 g/mol. The molecule has 3 N–H and O–H groups in total. The average Bonchev–Trinajstić information content (AvgIpc) is 3.31. The van der Waals surface area contributed by atoms with Gasteiger partial charge in [0.2, 0.25) is 0 Å². The van der Waals surface area contributed by atoms with Crippen molar-refractivity contribution < 1.29 is 9.53 Å². The summed E-state index contributed by atoms with van der Waals surface area (Å²) in [4.78, 5) is 12.4. The third kappa shape index (κ3) is 3.58. The highest BCUT2D eigenvalue weighted by Crippen LogP contribution is 2.30. The van der Waals surface area contributed by atoms with E-state index in [1.807, 2.05) is 6.07 Å². The molecule has 1 aliphatic rings. The number of aromatic nitrogens is 1. The van der Waals surface area contributed by atoms with Gasteiger partial charge < -0.3 is 14.6 Å². The average molecular weight is 399 g/mol. The number of nitrogens with one attached hydrogen (secondary N) is 3. The molecule has 1 amide bonds. The largest absolute Gasteiger partial charge is 0.497 e. The Balaban J connectivity index is 1.51. The number of hydrazine groups is 1. The molecule has 2 atom stereocenters. The summed E-state index contributed by atoms with van der Waals surface area (Å²) in [5, 5.41) is 4.81. The molecule has 0 aliphatic carbocycles. The Kier molecular flexibility index (Phi) is 5.26. The van der Waals surface area contributed by atoms with Gasteiger partial charge >= 0.3 is 0 Å². The molecule has 146 valence electrons. The minimum Gasteiger partial charge on any atom is -0.497 e. The van der Waals surface area contributed by atoms with Crippen molar-refractivity contribution >= 4 is 28.4 Å². The number of ether oxygens (including phenoxy) is 1. The van der Waals surface area contributed by atoms with Crippen LogP contribution in [-0.2, 0) is 6.54 Å². The number of fused-ring (bicyclic) bond motifs is 1. The van der Waals surface area contributed by atoms with Gasteiger partial charge in [-0.15, -0.1) is 0 Å².